The minimum atomic E-state index is -0.653. The van der Waals surface area contributed by atoms with Gasteiger partial charge in [-0.3, -0.25) is 4.79 Å². The third kappa shape index (κ3) is 14.4. The number of ether oxygens (including phenoxy) is 3. The first-order chi connectivity index (χ1) is 21.0. The van der Waals surface area contributed by atoms with Gasteiger partial charge in [-0.25, -0.2) is 14.4 Å². The second-order valence-electron chi connectivity index (χ2n) is 9.58. The van der Waals surface area contributed by atoms with Crippen molar-refractivity contribution in [1.29, 1.82) is 0 Å². The average molecular weight is 591 g/mol. The van der Waals surface area contributed by atoms with Crippen molar-refractivity contribution in [3.8, 4) is 0 Å². The molecule has 0 fully saturated rings. The van der Waals surface area contributed by atoms with Crippen molar-refractivity contribution in [2.45, 2.75) is 45.1 Å². The monoisotopic (exact) mass is 590 g/mol. The summed E-state index contributed by atoms with van der Waals surface area (Å²) < 4.78 is 15.7. The zero-order chi connectivity index (χ0) is 30.5. The molecule has 0 heterocycles. The third-order valence-electron chi connectivity index (χ3n) is 6.11. The maximum absolute atomic E-state index is 12.6. The fourth-order valence-electron chi connectivity index (χ4n) is 3.91. The lowest BCUT2D eigenvalue weighted by molar-refractivity contribution is -0.121. The number of carbonyl (C=O) groups excluding carboxylic acids is 4. The molecule has 0 aromatic heterocycles. The molecule has 228 valence electrons. The Morgan fingerprint density at radius 3 is 1.44 bits per heavy atom. The van der Waals surface area contributed by atoms with Gasteiger partial charge in [0.2, 0.25) is 5.91 Å². The molecule has 11 nitrogen and oxygen atoms in total. The first kappa shape index (κ1) is 32.5. The van der Waals surface area contributed by atoms with Gasteiger partial charge in [0, 0.05) is 32.1 Å². The SMILES string of the molecule is O=C(CC(CCCNC(=O)OCc1ccccc1)NC(=O)OCc1ccccc1)NCCNC(=O)OCc1ccccc1. The van der Waals surface area contributed by atoms with E-state index in [0.717, 1.165) is 16.7 Å². The lowest BCUT2D eigenvalue weighted by Gasteiger charge is -2.19. The van der Waals surface area contributed by atoms with Crippen molar-refractivity contribution in [3.05, 3.63) is 108 Å². The van der Waals surface area contributed by atoms with E-state index in [4.69, 9.17) is 14.2 Å². The Morgan fingerprint density at radius 2 is 0.953 bits per heavy atom. The molecule has 0 bridgehead atoms. The predicted octanol–water partition coefficient (Wildman–Crippen LogP) is 4.42. The van der Waals surface area contributed by atoms with Gasteiger partial charge in [-0.1, -0.05) is 91.0 Å². The summed E-state index contributed by atoms with van der Waals surface area (Å²) in [5.41, 5.74) is 2.58. The van der Waals surface area contributed by atoms with E-state index in [1.807, 2.05) is 91.0 Å². The summed E-state index contributed by atoms with van der Waals surface area (Å²) in [6.07, 6.45) is -0.933. The number of nitrogens with one attached hydrogen (secondary N) is 4. The first-order valence-electron chi connectivity index (χ1n) is 14.1. The molecule has 0 spiro atoms. The number of hydrogen-bond donors (Lipinski definition) is 4. The van der Waals surface area contributed by atoms with E-state index in [1.165, 1.54) is 0 Å². The van der Waals surface area contributed by atoms with Crippen LogP contribution in [0.25, 0.3) is 0 Å². The molecule has 0 aliphatic carbocycles. The van der Waals surface area contributed by atoms with Crippen LogP contribution in [0.2, 0.25) is 0 Å². The smallest absolute Gasteiger partial charge is 0.407 e. The van der Waals surface area contributed by atoms with Crippen molar-refractivity contribution in [1.82, 2.24) is 21.3 Å². The van der Waals surface area contributed by atoms with E-state index in [2.05, 4.69) is 21.3 Å². The topological polar surface area (TPSA) is 144 Å². The van der Waals surface area contributed by atoms with Crippen LogP contribution in [0.5, 0.6) is 0 Å². The molecule has 0 aliphatic heterocycles. The molecule has 1 atom stereocenters. The molecule has 4 amide bonds. The van der Waals surface area contributed by atoms with Crippen LogP contribution >= 0.6 is 0 Å². The average Bonchev–Trinajstić information content (AvgIpc) is 3.03. The van der Waals surface area contributed by atoms with Crippen LogP contribution in [-0.2, 0) is 38.8 Å². The number of amides is 4. The van der Waals surface area contributed by atoms with Crippen molar-refractivity contribution >= 4 is 24.2 Å². The number of benzene rings is 3. The molecule has 3 aromatic carbocycles. The first-order valence-corrected chi connectivity index (χ1v) is 14.1. The van der Waals surface area contributed by atoms with E-state index in [9.17, 15) is 19.2 Å². The van der Waals surface area contributed by atoms with Crippen molar-refractivity contribution in [3.63, 3.8) is 0 Å². The van der Waals surface area contributed by atoms with Gasteiger partial charge in [0.15, 0.2) is 0 Å². The quantitative estimate of drug-likeness (QED) is 0.143. The third-order valence-corrected chi connectivity index (χ3v) is 6.11. The van der Waals surface area contributed by atoms with Crippen LogP contribution in [0.15, 0.2) is 91.0 Å². The molecule has 0 saturated heterocycles. The van der Waals surface area contributed by atoms with Gasteiger partial charge in [-0.05, 0) is 29.5 Å². The minimum absolute atomic E-state index is 0.0165. The molecule has 0 radical (unpaired) electrons. The van der Waals surface area contributed by atoms with Crippen LogP contribution in [-0.4, -0.2) is 49.9 Å². The lowest BCUT2D eigenvalue weighted by atomic mass is 10.1. The zero-order valence-electron chi connectivity index (χ0n) is 24.0. The Kier molecular flexibility index (Phi) is 14.4. The van der Waals surface area contributed by atoms with Crippen LogP contribution in [0.1, 0.15) is 36.0 Å². The highest BCUT2D eigenvalue weighted by Crippen LogP contribution is 2.06. The highest BCUT2D eigenvalue weighted by Gasteiger charge is 2.18. The van der Waals surface area contributed by atoms with Gasteiger partial charge in [0.1, 0.15) is 19.8 Å². The van der Waals surface area contributed by atoms with Crippen molar-refractivity contribution in [2.24, 2.45) is 0 Å². The Bertz CT molecular complexity index is 1260. The molecule has 4 N–H and O–H groups in total. The van der Waals surface area contributed by atoms with Gasteiger partial charge >= 0.3 is 18.3 Å². The van der Waals surface area contributed by atoms with Crippen LogP contribution < -0.4 is 21.3 Å². The van der Waals surface area contributed by atoms with Crippen LogP contribution in [0.3, 0.4) is 0 Å². The Morgan fingerprint density at radius 1 is 0.535 bits per heavy atom. The van der Waals surface area contributed by atoms with E-state index in [0.29, 0.717) is 19.4 Å². The van der Waals surface area contributed by atoms with Gasteiger partial charge in [0.05, 0.1) is 0 Å². The summed E-state index contributed by atoms with van der Waals surface area (Å²) >= 11 is 0. The predicted molar refractivity (Wildman–Crippen MR) is 160 cm³/mol. The second-order valence-corrected chi connectivity index (χ2v) is 9.58. The fourth-order valence-corrected chi connectivity index (χ4v) is 3.91. The molecule has 1 unspecified atom stereocenters. The second kappa shape index (κ2) is 19.1. The molecule has 3 aromatic rings. The molecule has 0 saturated carbocycles. The number of hydrogen-bond acceptors (Lipinski definition) is 7. The zero-order valence-corrected chi connectivity index (χ0v) is 24.0. The van der Waals surface area contributed by atoms with Crippen LogP contribution in [0.4, 0.5) is 14.4 Å². The summed E-state index contributed by atoms with van der Waals surface area (Å²) in [6.45, 7) is 1.04. The van der Waals surface area contributed by atoms with E-state index in [1.54, 1.807) is 0 Å². The highest BCUT2D eigenvalue weighted by atomic mass is 16.6. The van der Waals surface area contributed by atoms with E-state index < -0.39 is 24.3 Å². The lowest BCUT2D eigenvalue weighted by Crippen LogP contribution is -2.41. The van der Waals surface area contributed by atoms with Crippen LogP contribution in [0, 0.1) is 0 Å². The Balaban J connectivity index is 1.37. The maximum Gasteiger partial charge on any atom is 0.407 e. The number of alkyl carbamates (subject to hydrolysis) is 3. The Labute approximate surface area is 251 Å². The summed E-state index contributed by atoms with van der Waals surface area (Å²) in [7, 11) is 0. The summed E-state index contributed by atoms with van der Waals surface area (Å²) in [5.74, 6) is -0.317. The molecule has 0 aliphatic rings. The number of rotatable bonds is 16. The molecule has 43 heavy (non-hydrogen) atoms. The maximum atomic E-state index is 12.6. The van der Waals surface area contributed by atoms with Gasteiger partial charge in [-0.2, -0.15) is 0 Å². The standard InChI is InChI=1S/C32H38N4O7/c37-29(33-19-20-35-31(39)42-23-26-13-6-2-7-14-26)21-28(36-32(40)43-24-27-15-8-3-9-16-27)17-10-18-34-30(38)41-22-25-11-4-1-5-12-25/h1-9,11-16,28H,10,17-24H2,(H,33,37)(H,34,38)(H,35,39)(H,36,40). The molecular weight excluding hydrogens is 552 g/mol. The molecular formula is C32H38N4O7. The summed E-state index contributed by atoms with van der Waals surface area (Å²) in [4.78, 5) is 49.0. The summed E-state index contributed by atoms with van der Waals surface area (Å²) in [6, 6.07) is 27.3. The Hall–Kier alpha value is -5.06. The number of carbonyl (C=O) groups is 4. The summed E-state index contributed by atoms with van der Waals surface area (Å²) in [5, 5.41) is 10.7. The van der Waals surface area contributed by atoms with Gasteiger partial charge in [0.25, 0.3) is 0 Å². The van der Waals surface area contributed by atoms with Crippen molar-refractivity contribution < 1.29 is 33.4 Å². The highest BCUT2D eigenvalue weighted by molar-refractivity contribution is 5.77. The van der Waals surface area contributed by atoms with E-state index in [-0.39, 0.29) is 45.2 Å². The fraction of sp³-hybridized carbons (Fsp3) is 0.312. The minimum Gasteiger partial charge on any atom is -0.445 e. The molecule has 3 rings (SSSR count). The van der Waals surface area contributed by atoms with Crippen molar-refractivity contribution in [2.75, 3.05) is 19.6 Å². The van der Waals surface area contributed by atoms with E-state index >= 15 is 0 Å². The largest absolute Gasteiger partial charge is 0.445 e. The van der Waals surface area contributed by atoms with Gasteiger partial charge in [-0.15, -0.1) is 0 Å². The normalized spacial score (nSPS) is 11.0. The van der Waals surface area contributed by atoms with Gasteiger partial charge < -0.3 is 35.5 Å². The molecule has 11 heteroatoms.